The van der Waals surface area contributed by atoms with Crippen LogP contribution < -0.4 is 11.1 Å². The van der Waals surface area contributed by atoms with E-state index in [-0.39, 0.29) is 5.91 Å². The Hall–Kier alpha value is -0.610. The molecule has 0 spiro atoms. The summed E-state index contributed by atoms with van der Waals surface area (Å²) in [6.07, 6.45) is 6.64. The van der Waals surface area contributed by atoms with Crippen molar-refractivity contribution in [2.24, 2.45) is 35.3 Å². The van der Waals surface area contributed by atoms with E-state index in [0.717, 1.165) is 11.8 Å². The number of hydrogen-bond donors (Lipinski definition) is 2. The summed E-state index contributed by atoms with van der Waals surface area (Å²) in [4.78, 5) is 12.4. The Bertz CT molecular complexity index is 304. The van der Waals surface area contributed by atoms with Crippen LogP contribution in [0, 0.1) is 29.6 Å². The maximum Gasteiger partial charge on any atom is 0.223 e. The number of ether oxygens (including phenoxy) is 1. The van der Waals surface area contributed by atoms with Gasteiger partial charge in [0, 0.05) is 19.0 Å². The lowest BCUT2D eigenvalue weighted by Crippen LogP contribution is -2.51. The molecule has 4 aliphatic rings. The number of hydrogen-bond acceptors (Lipinski definition) is 3. The van der Waals surface area contributed by atoms with Crippen LogP contribution in [0.2, 0.25) is 0 Å². The highest BCUT2D eigenvalue weighted by Gasteiger charge is 2.50. The summed E-state index contributed by atoms with van der Waals surface area (Å²) in [5.74, 6) is 3.77. The van der Waals surface area contributed by atoms with Crippen LogP contribution in [0.1, 0.15) is 32.1 Å². The Morgan fingerprint density at radius 3 is 2.26 bits per heavy atom. The van der Waals surface area contributed by atoms with Crippen molar-refractivity contribution in [3.8, 4) is 0 Å². The summed E-state index contributed by atoms with van der Waals surface area (Å²) in [5, 5.41) is 3.06. The first-order chi connectivity index (χ1) is 9.28. The molecular weight excluding hydrogens is 240 g/mol. The number of rotatable bonds is 6. The summed E-state index contributed by atoms with van der Waals surface area (Å²) in [5.41, 5.74) is 5.35. The molecule has 0 saturated heterocycles. The quantitative estimate of drug-likeness (QED) is 0.709. The van der Waals surface area contributed by atoms with Crippen molar-refractivity contribution in [3.63, 3.8) is 0 Å². The minimum Gasteiger partial charge on any atom is -0.378 e. The van der Waals surface area contributed by atoms with Gasteiger partial charge in [-0.2, -0.15) is 0 Å². The molecule has 0 unspecified atom stereocenters. The number of nitrogens with two attached hydrogens (primary N) is 1. The topological polar surface area (TPSA) is 64.3 Å². The predicted molar refractivity (Wildman–Crippen MR) is 73.4 cm³/mol. The first kappa shape index (κ1) is 13.4. The smallest absolute Gasteiger partial charge is 0.223 e. The van der Waals surface area contributed by atoms with Gasteiger partial charge < -0.3 is 15.8 Å². The number of carbonyl (C=O) groups is 1. The molecule has 0 atom stereocenters. The van der Waals surface area contributed by atoms with Gasteiger partial charge in [-0.15, -0.1) is 0 Å². The molecule has 108 valence electrons. The zero-order valence-corrected chi connectivity index (χ0v) is 11.6. The van der Waals surface area contributed by atoms with Crippen molar-refractivity contribution in [2.75, 3.05) is 26.3 Å². The van der Waals surface area contributed by atoms with Crippen LogP contribution in [0.15, 0.2) is 0 Å². The molecule has 4 heteroatoms. The number of carbonyl (C=O) groups excluding carboxylic acids is 1. The van der Waals surface area contributed by atoms with E-state index in [4.69, 9.17) is 10.5 Å². The molecule has 0 heterocycles. The zero-order chi connectivity index (χ0) is 13.2. The molecule has 4 nitrogen and oxygen atoms in total. The second-order valence-corrected chi connectivity index (χ2v) is 6.65. The van der Waals surface area contributed by atoms with Crippen LogP contribution >= 0.6 is 0 Å². The summed E-state index contributed by atoms with van der Waals surface area (Å²) < 4.78 is 5.30. The molecule has 4 rings (SSSR count). The van der Waals surface area contributed by atoms with Crippen molar-refractivity contribution < 1.29 is 9.53 Å². The molecule has 1 amide bonds. The van der Waals surface area contributed by atoms with Gasteiger partial charge in [-0.1, -0.05) is 0 Å². The Kier molecular flexibility index (Phi) is 4.08. The van der Waals surface area contributed by atoms with Crippen LogP contribution in [0.25, 0.3) is 0 Å². The Labute approximate surface area is 115 Å². The van der Waals surface area contributed by atoms with Crippen molar-refractivity contribution >= 4 is 5.91 Å². The van der Waals surface area contributed by atoms with Gasteiger partial charge in [0.05, 0.1) is 13.2 Å². The normalized spacial score (nSPS) is 39.5. The molecular formula is C15H26N2O2. The molecule has 0 radical (unpaired) electrons. The summed E-state index contributed by atoms with van der Waals surface area (Å²) in [7, 11) is 0. The molecule has 4 saturated carbocycles. The van der Waals surface area contributed by atoms with Crippen molar-refractivity contribution in [1.82, 2.24) is 5.32 Å². The zero-order valence-electron chi connectivity index (χ0n) is 11.6. The molecule has 4 aliphatic carbocycles. The molecule has 4 bridgehead atoms. The molecule has 19 heavy (non-hydrogen) atoms. The fourth-order valence-corrected chi connectivity index (χ4v) is 4.90. The van der Waals surface area contributed by atoms with E-state index in [1.807, 2.05) is 0 Å². The minimum atomic E-state index is 0.283. The third-order valence-corrected chi connectivity index (χ3v) is 5.34. The molecule has 0 aromatic rings. The van der Waals surface area contributed by atoms with E-state index in [0.29, 0.717) is 44.1 Å². The number of nitrogens with one attached hydrogen (secondary N) is 1. The SMILES string of the molecule is NCCOCCNC(=O)C1C2CC3CC(C2)CC1C3. The van der Waals surface area contributed by atoms with E-state index >= 15 is 0 Å². The first-order valence-electron chi connectivity index (χ1n) is 7.83. The Balaban J connectivity index is 1.47. The van der Waals surface area contributed by atoms with E-state index in [1.165, 1.54) is 32.1 Å². The second-order valence-electron chi connectivity index (χ2n) is 6.65. The summed E-state index contributed by atoms with van der Waals surface area (Å²) in [6, 6.07) is 0. The van der Waals surface area contributed by atoms with Gasteiger partial charge in [-0.05, 0) is 55.8 Å². The van der Waals surface area contributed by atoms with Crippen LogP contribution in [-0.2, 0) is 9.53 Å². The average Bonchev–Trinajstić information content (AvgIpc) is 2.37. The maximum atomic E-state index is 12.4. The standard InChI is InChI=1S/C15H26N2O2/c16-1-3-19-4-2-17-15(18)14-12-6-10-5-11(8-12)9-13(14)7-10/h10-14H,1-9,16H2,(H,17,18). The number of amides is 1. The van der Waals surface area contributed by atoms with Crippen molar-refractivity contribution in [3.05, 3.63) is 0 Å². The van der Waals surface area contributed by atoms with Gasteiger partial charge >= 0.3 is 0 Å². The first-order valence-corrected chi connectivity index (χ1v) is 7.83. The summed E-state index contributed by atoms with van der Waals surface area (Å²) >= 11 is 0. The van der Waals surface area contributed by atoms with Crippen molar-refractivity contribution in [1.29, 1.82) is 0 Å². The maximum absolute atomic E-state index is 12.4. The lowest BCUT2D eigenvalue weighted by atomic mass is 9.51. The largest absolute Gasteiger partial charge is 0.378 e. The van der Waals surface area contributed by atoms with E-state index in [1.54, 1.807) is 0 Å². The molecule has 4 fully saturated rings. The van der Waals surface area contributed by atoms with Gasteiger partial charge in [-0.3, -0.25) is 4.79 Å². The molecule has 0 aromatic heterocycles. The van der Waals surface area contributed by atoms with Gasteiger partial charge in [0.25, 0.3) is 0 Å². The van der Waals surface area contributed by atoms with E-state index in [2.05, 4.69) is 5.32 Å². The fourth-order valence-electron chi connectivity index (χ4n) is 4.90. The second kappa shape index (κ2) is 5.80. The molecule has 0 aliphatic heterocycles. The Morgan fingerprint density at radius 1 is 1.05 bits per heavy atom. The third kappa shape index (κ3) is 2.79. The van der Waals surface area contributed by atoms with Gasteiger partial charge in [0.1, 0.15) is 0 Å². The van der Waals surface area contributed by atoms with Crippen LogP contribution in [0.3, 0.4) is 0 Å². The molecule has 0 aromatic carbocycles. The van der Waals surface area contributed by atoms with Crippen LogP contribution in [-0.4, -0.2) is 32.2 Å². The minimum absolute atomic E-state index is 0.283. The third-order valence-electron chi connectivity index (χ3n) is 5.34. The highest BCUT2D eigenvalue weighted by atomic mass is 16.5. The fraction of sp³-hybridized carbons (Fsp3) is 0.933. The van der Waals surface area contributed by atoms with Crippen molar-refractivity contribution in [2.45, 2.75) is 32.1 Å². The van der Waals surface area contributed by atoms with Gasteiger partial charge in [0.2, 0.25) is 5.91 Å². The average molecular weight is 266 g/mol. The Morgan fingerprint density at radius 2 is 1.68 bits per heavy atom. The highest BCUT2D eigenvalue weighted by molar-refractivity contribution is 5.79. The highest BCUT2D eigenvalue weighted by Crippen LogP contribution is 2.56. The lowest BCUT2D eigenvalue weighted by Gasteiger charge is -2.53. The monoisotopic (exact) mass is 266 g/mol. The lowest BCUT2D eigenvalue weighted by molar-refractivity contribution is -0.138. The van der Waals surface area contributed by atoms with E-state index < -0.39 is 0 Å². The molecule has 3 N–H and O–H groups in total. The van der Waals surface area contributed by atoms with Crippen LogP contribution in [0.4, 0.5) is 0 Å². The van der Waals surface area contributed by atoms with Gasteiger partial charge in [0.15, 0.2) is 0 Å². The summed E-state index contributed by atoms with van der Waals surface area (Å²) in [6.45, 7) is 2.33. The van der Waals surface area contributed by atoms with Crippen LogP contribution in [0.5, 0.6) is 0 Å². The van der Waals surface area contributed by atoms with Gasteiger partial charge in [-0.25, -0.2) is 0 Å². The van der Waals surface area contributed by atoms with E-state index in [9.17, 15) is 4.79 Å². The predicted octanol–water partition coefficient (Wildman–Crippen LogP) is 1.15.